The number of aromatic nitrogens is 2. The lowest BCUT2D eigenvalue weighted by atomic mass is 10.2. The fourth-order valence-corrected chi connectivity index (χ4v) is 3.42. The molecule has 1 heterocycles. The van der Waals surface area contributed by atoms with E-state index < -0.39 is 0 Å². The van der Waals surface area contributed by atoms with Gasteiger partial charge in [-0.25, -0.2) is 0 Å². The van der Waals surface area contributed by atoms with E-state index in [9.17, 15) is 4.79 Å². The minimum Gasteiger partial charge on any atom is -0.300 e. The Morgan fingerprint density at radius 1 is 1.25 bits per heavy atom. The number of nitrogens with one attached hydrogen (secondary N) is 1. The molecule has 1 atom stereocenters. The first-order chi connectivity index (χ1) is 9.67. The lowest BCUT2D eigenvalue weighted by Crippen LogP contribution is -2.22. The molecule has 0 saturated heterocycles. The van der Waals surface area contributed by atoms with Gasteiger partial charge in [-0.1, -0.05) is 44.4 Å². The molecule has 0 spiro atoms. The highest BCUT2D eigenvalue weighted by atomic mass is 32.2. The van der Waals surface area contributed by atoms with E-state index in [4.69, 9.17) is 0 Å². The molecule has 6 heteroatoms. The molecule has 1 N–H and O–H groups in total. The molecule has 4 nitrogen and oxygen atoms in total. The molecule has 0 aromatic carbocycles. The molecule has 0 aliphatic heterocycles. The Bertz CT molecular complexity index is 396. The Balaban J connectivity index is 2.34. The minimum absolute atomic E-state index is 0.0300. The molecule has 0 saturated carbocycles. The maximum atomic E-state index is 12.0. The third kappa shape index (κ3) is 6.70. The van der Waals surface area contributed by atoms with Crippen molar-refractivity contribution in [3.63, 3.8) is 0 Å². The lowest BCUT2D eigenvalue weighted by Gasteiger charge is -2.09. The second-order valence-electron chi connectivity index (χ2n) is 4.81. The number of anilines is 1. The van der Waals surface area contributed by atoms with Gasteiger partial charge in [-0.2, -0.15) is 0 Å². The van der Waals surface area contributed by atoms with Gasteiger partial charge in [0.2, 0.25) is 11.0 Å². The topological polar surface area (TPSA) is 54.9 Å². The zero-order chi connectivity index (χ0) is 14.8. The van der Waals surface area contributed by atoms with Gasteiger partial charge in [0.25, 0.3) is 0 Å². The zero-order valence-electron chi connectivity index (χ0n) is 12.6. The number of aryl methyl sites for hydroxylation is 1. The zero-order valence-corrected chi connectivity index (χ0v) is 14.3. The first-order valence-corrected chi connectivity index (χ1v) is 9.28. The molecule has 114 valence electrons. The number of rotatable bonds is 10. The molecule has 0 aliphatic rings. The molecular weight excluding hydrogens is 290 g/mol. The number of carbonyl (C=O) groups is 1. The van der Waals surface area contributed by atoms with Gasteiger partial charge in [0.05, 0.1) is 5.25 Å². The summed E-state index contributed by atoms with van der Waals surface area (Å²) in [4.78, 5) is 12.0. The van der Waals surface area contributed by atoms with Gasteiger partial charge in [0, 0.05) is 6.42 Å². The van der Waals surface area contributed by atoms with Crippen LogP contribution in [0.25, 0.3) is 0 Å². The average molecular weight is 316 g/mol. The predicted octanol–water partition coefficient (Wildman–Crippen LogP) is 4.13. The Hall–Kier alpha value is -0.620. The van der Waals surface area contributed by atoms with Crippen molar-refractivity contribution in [2.45, 2.75) is 64.5 Å². The molecule has 0 bridgehead atoms. The van der Waals surface area contributed by atoms with Crippen molar-refractivity contribution in [3.8, 4) is 0 Å². The first kappa shape index (κ1) is 17.4. The van der Waals surface area contributed by atoms with Crippen molar-refractivity contribution in [1.82, 2.24) is 10.2 Å². The van der Waals surface area contributed by atoms with E-state index in [1.165, 1.54) is 30.6 Å². The average Bonchev–Trinajstić information content (AvgIpc) is 2.86. The van der Waals surface area contributed by atoms with Gasteiger partial charge in [-0.15, -0.1) is 22.0 Å². The van der Waals surface area contributed by atoms with Gasteiger partial charge in [-0.05, 0) is 25.5 Å². The van der Waals surface area contributed by atoms with Crippen LogP contribution in [-0.2, 0) is 11.2 Å². The fraction of sp³-hybridized carbons (Fsp3) is 0.786. The highest BCUT2D eigenvalue weighted by Gasteiger charge is 2.15. The number of hydrogen-bond acceptors (Lipinski definition) is 5. The van der Waals surface area contributed by atoms with E-state index in [-0.39, 0.29) is 11.2 Å². The van der Waals surface area contributed by atoms with Crippen LogP contribution in [0.2, 0.25) is 0 Å². The third-order valence-corrected chi connectivity index (χ3v) is 5.06. The van der Waals surface area contributed by atoms with E-state index in [0.717, 1.165) is 30.0 Å². The molecular formula is C14H25N3OS2. The van der Waals surface area contributed by atoms with Crippen molar-refractivity contribution < 1.29 is 4.79 Å². The second kappa shape index (κ2) is 10.2. The van der Waals surface area contributed by atoms with Crippen LogP contribution in [0.15, 0.2) is 0 Å². The largest absolute Gasteiger partial charge is 0.300 e. The van der Waals surface area contributed by atoms with E-state index in [2.05, 4.69) is 29.4 Å². The standard InChI is InChI=1S/C14H25N3OS2/c1-4-6-8-9-12-16-17-14(20-12)15-13(18)11(3)19-10-7-5-2/h11H,4-10H2,1-3H3,(H,15,17,18). The van der Waals surface area contributed by atoms with Crippen LogP contribution in [0.5, 0.6) is 0 Å². The van der Waals surface area contributed by atoms with Gasteiger partial charge >= 0.3 is 0 Å². The summed E-state index contributed by atoms with van der Waals surface area (Å²) in [6.45, 7) is 6.29. The summed E-state index contributed by atoms with van der Waals surface area (Å²) in [5, 5.41) is 12.6. The summed E-state index contributed by atoms with van der Waals surface area (Å²) in [6, 6.07) is 0. The Labute approximate surface area is 130 Å². The molecule has 1 unspecified atom stereocenters. The predicted molar refractivity (Wildman–Crippen MR) is 88.6 cm³/mol. The van der Waals surface area contributed by atoms with Crippen LogP contribution in [-0.4, -0.2) is 27.1 Å². The molecule has 1 aromatic rings. The van der Waals surface area contributed by atoms with E-state index in [1.807, 2.05) is 6.92 Å². The van der Waals surface area contributed by atoms with Crippen molar-refractivity contribution in [2.24, 2.45) is 0 Å². The Morgan fingerprint density at radius 3 is 2.70 bits per heavy atom. The van der Waals surface area contributed by atoms with Crippen molar-refractivity contribution in [3.05, 3.63) is 5.01 Å². The first-order valence-electron chi connectivity index (χ1n) is 7.42. The third-order valence-electron chi connectivity index (χ3n) is 2.93. The minimum atomic E-state index is -0.0333. The SMILES string of the molecule is CCCCCc1nnc(NC(=O)C(C)SCCCC)s1. The normalized spacial score (nSPS) is 12.3. The monoisotopic (exact) mass is 315 g/mol. The van der Waals surface area contributed by atoms with E-state index in [0.29, 0.717) is 5.13 Å². The highest BCUT2D eigenvalue weighted by Crippen LogP contribution is 2.20. The highest BCUT2D eigenvalue weighted by molar-refractivity contribution is 8.00. The summed E-state index contributed by atoms with van der Waals surface area (Å²) < 4.78 is 0. The Morgan fingerprint density at radius 2 is 2.00 bits per heavy atom. The molecule has 1 aromatic heterocycles. The van der Waals surface area contributed by atoms with Crippen LogP contribution in [0.1, 0.15) is 57.9 Å². The van der Waals surface area contributed by atoms with Crippen LogP contribution < -0.4 is 5.32 Å². The number of unbranched alkanes of at least 4 members (excludes halogenated alkanes) is 3. The van der Waals surface area contributed by atoms with Crippen LogP contribution in [0.4, 0.5) is 5.13 Å². The molecule has 1 amide bonds. The van der Waals surface area contributed by atoms with Crippen LogP contribution >= 0.6 is 23.1 Å². The second-order valence-corrected chi connectivity index (χ2v) is 7.32. The van der Waals surface area contributed by atoms with Gasteiger partial charge in [0.15, 0.2) is 0 Å². The Kier molecular flexibility index (Phi) is 8.85. The van der Waals surface area contributed by atoms with Crippen molar-refractivity contribution in [2.75, 3.05) is 11.1 Å². The lowest BCUT2D eigenvalue weighted by molar-refractivity contribution is -0.115. The van der Waals surface area contributed by atoms with Gasteiger partial charge < -0.3 is 0 Å². The number of hydrogen-bond donors (Lipinski definition) is 1. The molecule has 0 radical (unpaired) electrons. The fourth-order valence-electron chi connectivity index (χ4n) is 1.62. The van der Waals surface area contributed by atoms with E-state index >= 15 is 0 Å². The summed E-state index contributed by atoms with van der Waals surface area (Å²) in [7, 11) is 0. The number of nitrogens with zero attached hydrogens (tertiary/aromatic N) is 2. The summed E-state index contributed by atoms with van der Waals surface area (Å²) >= 11 is 3.19. The maximum Gasteiger partial charge on any atom is 0.239 e. The van der Waals surface area contributed by atoms with Crippen molar-refractivity contribution >= 4 is 34.1 Å². The van der Waals surface area contributed by atoms with Gasteiger partial charge in [0.1, 0.15) is 5.01 Å². The quantitative estimate of drug-likeness (QED) is 0.660. The maximum absolute atomic E-state index is 12.0. The number of thioether (sulfide) groups is 1. The molecule has 1 rings (SSSR count). The number of amides is 1. The van der Waals surface area contributed by atoms with Crippen molar-refractivity contribution in [1.29, 1.82) is 0 Å². The van der Waals surface area contributed by atoms with Crippen LogP contribution in [0.3, 0.4) is 0 Å². The molecule has 0 aliphatic carbocycles. The van der Waals surface area contributed by atoms with Gasteiger partial charge in [-0.3, -0.25) is 10.1 Å². The number of carbonyl (C=O) groups excluding carboxylic acids is 1. The summed E-state index contributed by atoms with van der Waals surface area (Å²) in [5.74, 6) is 1.06. The van der Waals surface area contributed by atoms with E-state index in [1.54, 1.807) is 11.8 Å². The van der Waals surface area contributed by atoms with Crippen LogP contribution in [0, 0.1) is 0 Å². The molecule has 0 fully saturated rings. The summed E-state index contributed by atoms with van der Waals surface area (Å²) in [5.41, 5.74) is 0. The summed E-state index contributed by atoms with van der Waals surface area (Å²) in [6.07, 6.45) is 6.84. The smallest absolute Gasteiger partial charge is 0.239 e. The molecule has 20 heavy (non-hydrogen) atoms.